The topological polar surface area (TPSA) is 84.6 Å². The van der Waals surface area contributed by atoms with Crippen LogP contribution in [-0.2, 0) is 22.7 Å². The van der Waals surface area contributed by atoms with E-state index in [-0.39, 0.29) is 12.5 Å². The average Bonchev–Trinajstić information content (AvgIpc) is 2.53. The summed E-state index contributed by atoms with van der Waals surface area (Å²) in [6, 6.07) is 7.54. The van der Waals surface area contributed by atoms with Gasteiger partial charge in [0.15, 0.2) is 0 Å². The molecule has 5 heteroatoms. The van der Waals surface area contributed by atoms with Crippen LogP contribution in [0.5, 0.6) is 0 Å². The summed E-state index contributed by atoms with van der Waals surface area (Å²) < 4.78 is 5.31. The summed E-state index contributed by atoms with van der Waals surface area (Å²) >= 11 is 0. The van der Waals surface area contributed by atoms with E-state index in [4.69, 9.17) is 15.6 Å². The SMILES string of the molecule is NCC1(C(=O)NCc2cccc(CO)c2)CCOCC1. The summed E-state index contributed by atoms with van der Waals surface area (Å²) in [5, 5.41) is 12.1. The molecule has 1 aliphatic rings. The van der Waals surface area contributed by atoms with Crippen LogP contribution in [0.4, 0.5) is 0 Å². The number of amides is 1. The molecule has 4 N–H and O–H groups in total. The van der Waals surface area contributed by atoms with Crippen molar-refractivity contribution < 1.29 is 14.6 Å². The van der Waals surface area contributed by atoms with Gasteiger partial charge in [0.1, 0.15) is 0 Å². The van der Waals surface area contributed by atoms with Gasteiger partial charge in [-0.25, -0.2) is 0 Å². The molecule has 0 aromatic heterocycles. The molecular formula is C15H22N2O3. The predicted octanol–water partition coefficient (Wildman–Crippen LogP) is 0.551. The van der Waals surface area contributed by atoms with E-state index in [1.165, 1.54) is 0 Å². The van der Waals surface area contributed by atoms with Crippen molar-refractivity contribution in [2.75, 3.05) is 19.8 Å². The van der Waals surface area contributed by atoms with Crippen molar-refractivity contribution in [3.05, 3.63) is 35.4 Å². The van der Waals surface area contributed by atoms with Gasteiger partial charge in [-0.3, -0.25) is 4.79 Å². The van der Waals surface area contributed by atoms with Gasteiger partial charge in [0.05, 0.1) is 12.0 Å². The molecule has 110 valence electrons. The second kappa shape index (κ2) is 6.83. The van der Waals surface area contributed by atoms with Crippen molar-refractivity contribution in [1.29, 1.82) is 0 Å². The number of nitrogens with two attached hydrogens (primary N) is 1. The van der Waals surface area contributed by atoms with Gasteiger partial charge in [0.25, 0.3) is 0 Å². The Morgan fingerprint density at radius 2 is 2.05 bits per heavy atom. The Labute approximate surface area is 119 Å². The largest absolute Gasteiger partial charge is 0.392 e. The van der Waals surface area contributed by atoms with Gasteiger partial charge in [-0.1, -0.05) is 24.3 Å². The summed E-state index contributed by atoms with van der Waals surface area (Å²) in [5.41, 5.74) is 7.13. The number of nitrogens with one attached hydrogen (secondary N) is 1. The van der Waals surface area contributed by atoms with Gasteiger partial charge in [0, 0.05) is 26.3 Å². The highest BCUT2D eigenvalue weighted by atomic mass is 16.5. The maximum atomic E-state index is 12.4. The van der Waals surface area contributed by atoms with E-state index in [1.54, 1.807) is 0 Å². The Morgan fingerprint density at radius 3 is 2.70 bits per heavy atom. The molecule has 0 unspecified atom stereocenters. The van der Waals surface area contributed by atoms with Gasteiger partial charge in [0.2, 0.25) is 5.91 Å². The standard InChI is InChI=1S/C15H22N2O3/c16-11-15(4-6-20-7-5-15)14(19)17-9-12-2-1-3-13(8-12)10-18/h1-3,8,18H,4-7,9-11,16H2,(H,17,19). The lowest BCUT2D eigenvalue weighted by atomic mass is 9.79. The lowest BCUT2D eigenvalue weighted by Gasteiger charge is -2.34. The molecule has 0 saturated carbocycles. The number of rotatable bonds is 5. The molecule has 0 radical (unpaired) electrons. The van der Waals surface area contributed by atoms with Gasteiger partial charge < -0.3 is 20.9 Å². The van der Waals surface area contributed by atoms with E-state index in [9.17, 15) is 4.79 Å². The molecule has 0 aliphatic carbocycles. The molecule has 1 heterocycles. The van der Waals surface area contributed by atoms with E-state index in [0.717, 1.165) is 11.1 Å². The Bertz CT molecular complexity index is 456. The average molecular weight is 278 g/mol. The fourth-order valence-electron chi connectivity index (χ4n) is 2.49. The van der Waals surface area contributed by atoms with Crippen LogP contribution in [0.3, 0.4) is 0 Å². The van der Waals surface area contributed by atoms with Gasteiger partial charge in [-0.2, -0.15) is 0 Å². The number of hydrogen-bond acceptors (Lipinski definition) is 4. The first kappa shape index (κ1) is 15.0. The third-order valence-corrected chi connectivity index (χ3v) is 3.95. The van der Waals surface area contributed by atoms with Crippen LogP contribution in [-0.4, -0.2) is 30.8 Å². The van der Waals surface area contributed by atoms with Crippen LogP contribution >= 0.6 is 0 Å². The monoisotopic (exact) mass is 278 g/mol. The van der Waals surface area contributed by atoms with Crippen molar-refractivity contribution in [3.8, 4) is 0 Å². The van der Waals surface area contributed by atoms with Gasteiger partial charge in [-0.15, -0.1) is 0 Å². The number of aliphatic hydroxyl groups excluding tert-OH is 1. The van der Waals surface area contributed by atoms with E-state index in [0.29, 0.717) is 39.1 Å². The number of carbonyl (C=O) groups excluding carboxylic acids is 1. The maximum Gasteiger partial charge on any atom is 0.227 e. The van der Waals surface area contributed by atoms with E-state index < -0.39 is 5.41 Å². The lowest BCUT2D eigenvalue weighted by molar-refractivity contribution is -0.136. The van der Waals surface area contributed by atoms with E-state index in [1.807, 2.05) is 24.3 Å². The lowest BCUT2D eigenvalue weighted by Crippen LogP contribution is -2.48. The molecular weight excluding hydrogens is 256 g/mol. The molecule has 1 aromatic carbocycles. The molecule has 0 bridgehead atoms. The number of carbonyl (C=O) groups is 1. The Kier molecular flexibility index (Phi) is 5.11. The molecule has 1 aromatic rings. The Balaban J connectivity index is 1.96. The zero-order valence-corrected chi connectivity index (χ0v) is 11.6. The maximum absolute atomic E-state index is 12.4. The summed E-state index contributed by atoms with van der Waals surface area (Å²) in [4.78, 5) is 12.4. The first-order valence-electron chi connectivity index (χ1n) is 6.95. The minimum atomic E-state index is -0.493. The third kappa shape index (κ3) is 3.36. The highest BCUT2D eigenvalue weighted by Crippen LogP contribution is 2.29. The molecule has 5 nitrogen and oxygen atoms in total. The van der Waals surface area contributed by atoms with Crippen LogP contribution in [0.15, 0.2) is 24.3 Å². The fraction of sp³-hybridized carbons (Fsp3) is 0.533. The van der Waals surface area contributed by atoms with Gasteiger partial charge >= 0.3 is 0 Å². The number of benzene rings is 1. The summed E-state index contributed by atoms with van der Waals surface area (Å²) in [6.45, 7) is 1.98. The molecule has 0 atom stereocenters. The summed E-state index contributed by atoms with van der Waals surface area (Å²) in [7, 11) is 0. The van der Waals surface area contributed by atoms with Crippen molar-refractivity contribution in [3.63, 3.8) is 0 Å². The number of hydrogen-bond donors (Lipinski definition) is 3. The van der Waals surface area contributed by atoms with Gasteiger partial charge in [-0.05, 0) is 24.0 Å². The van der Waals surface area contributed by atoms with Crippen LogP contribution in [0.2, 0.25) is 0 Å². The molecule has 1 saturated heterocycles. The molecule has 1 aliphatic heterocycles. The highest BCUT2D eigenvalue weighted by molar-refractivity contribution is 5.83. The number of aliphatic hydroxyl groups is 1. The second-order valence-electron chi connectivity index (χ2n) is 5.26. The fourth-order valence-corrected chi connectivity index (χ4v) is 2.49. The first-order chi connectivity index (χ1) is 9.70. The van der Waals surface area contributed by atoms with Crippen molar-refractivity contribution in [1.82, 2.24) is 5.32 Å². The predicted molar refractivity (Wildman–Crippen MR) is 75.8 cm³/mol. The minimum Gasteiger partial charge on any atom is -0.392 e. The zero-order chi connectivity index (χ0) is 14.4. The van der Waals surface area contributed by atoms with E-state index in [2.05, 4.69) is 5.32 Å². The van der Waals surface area contributed by atoms with Crippen molar-refractivity contribution in [2.45, 2.75) is 26.0 Å². The van der Waals surface area contributed by atoms with Crippen LogP contribution in [0.1, 0.15) is 24.0 Å². The Hall–Kier alpha value is -1.43. The summed E-state index contributed by atoms with van der Waals surface area (Å²) in [5.74, 6) is -0.00213. The normalized spacial score (nSPS) is 17.7. The third-order valence-electron chi connectivity index (χ3n) is 3.95. The quantitative estimate of drug-likeness (QED) is 0.734. The minimum absolute atomic E-state index is 0.00213. The van der Waals surface area contributed by atoms with Crippen molar-refractivity contribution >= 4 is 5.91 Å². The second-order valence-corrected chi connectivity index (χ2v) is 5.26. The number of ether oxygens (including phenoxy) is 1. The summed E-state index contributed by atoms with van der Waals surface area (Å²) in [6.07, 6.45) is 1.35. The molecule has 20 heavy (non-hydrogen) atoms. The van der Waals surface area contributed by atoms with Crippen LogP contribution in [0.25, 0.3) is 0 Å². The van der Waals surface area contributed by atoms with Crippen LogP contribution < -0.4 is 11.1 Å². The van der Waals surface area contributed by atoms with Crippen molar-refractivity contribution in [2.24, 2.45) is 11.1 Å². The Morgan fingerprint density at radius 1 is 1.35 bits per heavy atom. The molecule has 2 rings (SSSR count). The molecule has 0 spiro atoms. The smallest absolute Gasteiger partial charge is 0.227 e. The van der Waals surface area contributed by atoms with Crippen LogP contribution in [0, 0.1) is 5.41 Å². The highest BCUT2D eigenvalue weighted by Gasteiger charge is 2.38. The van der Waals surface area contributed by atoms with E-state index >= 15 is 0 Å². The molecule has 1 fully saturated rings. The zero-order valence-electron chi connectivity index (χ0n) is 11.6. The molecule has 1 amide bonds. The first-order valence-corrected chi connectivity index (χ1v) is 6.95.